The van der Waals surface area contributed by atoms with E-state index in [1.165, 1.54) is 6.07 Å². The molecule has 0 amide bonds. The Hall–Kier alpha value is -1.39. The summed E-state index contributed by atoms with van der Waals surface area (Å²) in [4.78, 5) is 0. The highest BCUT2D eigenvalue weighted by Crippen LogP contribution is 2.29. The number of aryl methyl sites for hydroxylation is 1. The van der Waals surface area contributed by atoms with E-state index in [0.29, 0.717) is 0 Å². The third-order valence-corrected chi connectivity index (χ3v) is 3.87. The predicted octanol–water partition coefficient (Wildman–Crippen LogP) is 4.60. The molecule has 0 saturated heterocycles. The maximum Gasteiger partial charge on any atom is 0.124 e. The van der Waals surface area contributed by atoms with Gasteiger partial charge in [-0.25, -0.2) is 4.39 Å². The van der Waals surface area contributed by atoms with Crippen molar-refractivity contribution in [1.29, 1.82) is 0 Å². The lowest BCUT2D eigenvalue weighted by molar-refractivity contribution is 0.414. The van der Waals surface area contributed by atoms with Crippen molar-refractivity contribution in [2.75, 3.05) is 13.7 Å². The van der Waals surface area contributed by atoms with E-state index >= 15 is 0 Å². The van der Waals surface area contributed by atoms with Crippen LogP contribution in [0.5, 0.6) is 5.75 Å². The molecule has 0 aromatic heterocycles. The zero-order valence-corrected chi connectivity index (χ0v) is 14.0. The second kappa shape index (κ2) is 7.05. The number of halogens is 2. The number of hydrogen-bond donors (Lipinski definition) is 1. The fourth-order valence-electron chi connectivity index (χ4n) is 2.45. The van der Waals surface area contributed by atoms with Crippen LogP contribution in [0.2, 0.25) is 0 Å². The van der Waals surface area contributed by atoms with Gasteiger partial charge in [-0.3, -0.25) is 0 Å². The molecule has 0 radical (unpaired) electrons. The first-order valence-corrected chi connectivity index (χ1v) is 7.68. The summed E-state index contributed by atoms with van der Waals surface area (Å²) in [5, 5.41) is 3.42. The zero-order chi connectivity index (χ0) is 15.4. The number of ether oxygens (including phenoxy) is 1. The van der Waals surface area contributed by atoms with Gasteiger partial charge in [0.25, 0.3) is 0 Å². The smallest absolute Gasteiger partial charge is 0.124 e. The summed E-state index contributed by atoms with van der Waals surface area (Å²) < 4.78 is 19.7. The van der Waals surface area contributed by atoms with Crippen molar-refractivity contribution in [1.82, 2.24) is 5.32 Å². The molecule has 0 saturated carbocycles. The molecular formula is C17H19BrFNO. The van der Waals surface area contributed by atoms with Crippen LogP contribution >= 0.6 is 15.9 Å². The minimum atomic E-state index is -0.242. The van der Waals surface area contributed by atoms with Gasteiger partial charge in [0.05, 0.1) is 13.2 Å². The monoisotopic (exact) mass is 351 g/mol. The zero-order valence-electron chi connectivity index (χ0n) is 12.4. The van der Waals surface area contributed by atoms with E-state index in [1.807, 2.05) is 38.1 Å². The number of methoxy groups -OCH3 is 1. The van der Waals surface area contributed by atoms with Gasteiger partial charge in [-0.2, -0.15) is 0 Å². The molecule has 112 valence electrons. The van der Waals surface area contributed by atoms with Crippen LogP contribution in [0, 0.1) is 12.7 Å². The van der Waals surface area contributed by atoms with Crippen LogP contribution in [0.15, 0.2) is 40.9 Å². The topological polar surface area (TPSA) is 21.3 Å². The minimum Gasteiger partial charge on any atom is -0.497 e. The molecular weight excluding hydrogens is 333 g/mol. The Morgan fingerprint density at radius 3 is 2.57 bits per heavy atom. The molecule has 0 aliphatic carbocycles. The van der Waals surface area contributed by atoms with Crippen LogP contribution in [0.1, 0.15) is 29.7 Å². The van der Waals surface area contributed by atoms with Gasteiger partial charge in [0, 0.05) is 4.47 Å². The third kappa shape index (κ3) is 3.83. The van der Waals surface area contributed by atoms with Crippen LogP contribution < -0.4 is 10.1 Å². The molecule has 0 aliphatic rings. The molecule has 4 heteroatoms. The molecule has 1 unspecified atom stereocenters. The highest BCUT2D eigenvalue weighted by Gasteiger charge is 2.17. The van der Waals surface area contributed by atoms with Gasteiger partial charge in [0.1, 0.15) is 11.6 Å². The third-order valence-electron chi connectivity index (χ3n) is 3.41. The normalized spacial score (nSPS) is 12.2. The Balaban J connectivity index is 2.47. The molecule has 2 rings (SSSR count). The minimum absolute atomic E-state index is 0.0482. The Bertz CT molecular complexity index is 610. The molecule has 1 atom stereocenters. The van der Waals surface area contributed by atoms with Crippen LogP contribution in [0.25, 0.3) is 0 Å². The maximum atomic E-state index is 13.7. The molecule has 21 heavy (non-hydrogen) atoms. The summed E-state index contributed by atoms with van der Waals surface area (Å²) in [7, 11) is 1.65. The molecule has 2 aromatic rings. The summed E-state index contributed by atoms with van der Waals surface area (Å²) in [6, 6.07) is 10.9. The van der Waals surface area contributed by atoms with Crippen molar-refractivity contribution in [3.8, 4) is 5.75 Å². The van der Waals surface area contributed by atoms with E-state index < -0.39 is 0 Å². The summed E-state index contributed by atoms with van der Waals surface area (Å²) in [6.07, 6.45) is 0. The maximum absolute atomic E-state index is 13.7. The first-order chi connectivity index (χ1) is 10.0. The average Bonchev–Trinajstić information content (AvgIpc) is 2.44. The van der Waals surface area contributed by atoms with Gasteiger partial charge in [0.15, 0.2) is 0 Å². The predicted molar refractivity (Wildman–Crippen MR) is 87.4 cm³/mol. The molecule has 0 aliphatic heterocycles. The highest BCUT2D eigenvalue weighted by atomic mass is 79.9. The fourth-order valence-corrected chi connectivity index (χ4v) is 2.94. The second-order valence-corrected chi connectivity index (χ2v) is 5.83. The molecule has 0 bridgehead atoms. The average molecular weight is 352 g/mol. The second-order valence-electron chi connectivity index (χ2n) is 4.92. The van der Waals surface area contributed by atoms with Gasteiger partial charge >= 0.3 is 0 Å². The lowest BCUT2D eigenvalue weighted by Gasteiger charge is -2.22. The molecule has 2 nitrogen and oxygen atoms in total. The Morgan fingerprint density at radius 1 is 1.24 bits per heavy atom. The lowest BCUT2D eigenvalue weighted by Crippen LogP contribution is -2.23. The standard InChI is InChI=1S/C17H19BrFNO/c1-4-20-17(12-8-13(18)10-14(19)9-12)16-6-5-15(21-3)7-11(16)2/h5-10,17,20H,4H2,1-3H3. The Morgan fingerprint density at radius 2 is 2.00 bits per heavy atom. The Labute approximate surface area is 133 Å². The van der Waals surface area contributed by atoms with E-state index in [0.717, 1.165) is 33.5 Å². The number of benzene rings is 2. The van der Waals surface area contributed by atoms with Crippen molar-refractivity contribution >= 4 is 15.9 Å². The summed E-state index contributed by atoms with van der Waals surface area (Å²) in [5.74, 6) is 0.584. The molecule has 2 aromatic carbocycles. The van der Waals surface area contributed by atoms with Crippen LogP contribution in [-0.4, -0.2) is 13.7 Å². The number of rotatable bonds is 5. The van der Waals surface area contributed by atoms with Crippen LogP contribution in [-0.2, 0) is 0 Å². The SMILES string of the molecule is CCNC(c1cc(F)cc(Br)c1)c1ccc(OC)cc1C. The number of hydrogen-bond acceptors (Lipinski definition) is 2. The summed E-state index contributed by atoms with van der Waals surface area (Å²) in [5.41, 5.74) is 3.13. The van der Waals surface area contributed by atoms with Crippen LogP contribution in [0.3, 0.4) is 0 Å². The molecule has 0 spiro atoms. The van der Waals surface area contributed by atoms with E-state index in [-0.39, 0.29) is 11.9 Å². The van der Waals surface area contributed by atoms with Crippen molar-refractivity contribution in [3.63, 3.8) is 0 Å². The number of nitrogens with one attached hydrogen (secondary N) is 1. The fraction of sp³-hybridized carbons (Fsp3) is 0.294. The molecule has 0 fully saturated rings. The van der Waals surface area contributed by atoms with E-state index in [4.69, 9.17) is 4.74 Å². The summed E-state index contributed by atoms with van der Waals surface area (Å²) >= 11 is 3.36. The van der Waals surface area contributed by atoms with E-state index in [2.05, 4.69) is 21.2 Å². The van der Waals surface area contributed by atoms with Crippen molar-refractivity contribution in [2.45, 2.75) is 19.9 Å². The van der Waals surface area contributed by atoms with Crippen molar-refractivity contribution in [3.05, 3.63) is 63.4 Å². The molecule has 0 heterocycles. The van der Waals surface area contributed by atoms with E-state index in [1.54, 1.807) is 13.2 Å². The van der Waals surface area contributed by atoms with Crippen LogP contribution in [0.4, 0.5) is 4.39 Å². The largest absolute Gasteiger partial charge is 0.497 e. The first kappa shape index (κ1) is 16.0. The van der Waals surface area contributed by atoms with Gasteiger partial charge in [-0.1, -0.05) is 28.9 Å². The summed E-state index contributed by atoms with van der Waals surface area (Å²) in [6.45, 7) is 4.88. The quantitative estimate of drug-likeness (QED) is 0.849. The Kier molecular flexibility index (Phi) is 5.37. The van der Waals surface area contributed by atoms with Crippen molar-refractivity contribution < 1.29 is 9.13 Å². The van der Waals surface area contributed by atoms with Gasteiger partial charge in [-0.15, -0.1) is 0 Å². The highest BCUT2D eigenvalue weighted by molar-refractivity contribution is 9.10. The van der Waals surface area contributed by atoms with Gasteiger partial charge < -0.3 is 10.1 Å². The van der Waals surface area contributed by atoms with Crippen molar-refractivity contribution in [2.24, 2.45) is 0 Å². The molecule has 1 N–H and O–H groups in total. The first-order valence-electron chi connectivity index (χ1n) is 6.89. The van der Waals surface area contributed by atoms with E-state index in [9.17, 15) is 4.39 Å². The van der Waals surface area contributed by atoms with Gasteiger partial charge in [-0.05, 0) is 60.5 Å². The van der Waals surface area contributed by atoms with Gasteiger partial charge in [0.2, 0.25) is 0 Å². The lowest BCUT2D eigenvalue weighted by atomic mass is 9.94.